The number of aryl methyl sites for hydroxylation is 1. The van der Waals surface area contributed by atoms with Gasteiger partial charge in [-0.1, -0.05) is 13.8 Å². The van der Waals surface area contributed by atoms with E-state index in [2.05, 4.69) is 14.7 Å². The molecule has 0 bridgehead atoms. The first-order valence-corrected chi connectivity index (χ1v) is 6.54. The normalized spacial score (nSPS) is 11.9. The molecule has 0 radical (unpaired) electrons. The zero-order valence-electron chi connectivity index (χ0n) is 11.6. The largest absolute Gasteiger partial charge is 0.421 e. The van der Waals surface area contributed by atoms with E-state index in [4.69, 9.17) is 0 Å². The minimum atomic E-state index is -5.04. The molecule has 0 saturated heterocycles. The summed E-state index contributed by atoms with van der Waals surface area (Å²) < 4.78 is 37.9. The molecule has 22 heavy (non-hydrogen) atoms. The number of hydrogen-bond acceptors (Lipinski definition) is 8. The van der Waals surface area contributed by atoms with Crippen LogP contribution in [0.3, 0.4) is 0 Å². The van der Waals surface area contributed by atoms with Crippen LogP contribution in [-0.2, 0) is 16.3 Å². The molecule has 0 spiro atoms. The van der Waals surface area contributed by atoms with Gasteiger partial charge >= 0.3 is 6.18 Å². The van der Waals surface area contributed by atoms with Crippen LogP contribution in [0.15, 0.2) is 0 Å². The number of rotatable bonds is 6. The molecule has 0 aliphatic heterocycles. The van der Waals surface area contributed by atoms with Gasteiger partial charge < -0.3 is 4.84 Å². The van der Waals surface area contributed by atoms with E-state index in [1.54, 1.807) is 0 Å². The van der Waals surface area contributed by atoms with Crippen molar-refractivity contribution in [3.8, 4) is 0 Å². The van der Waals surface area contributed by atoms with Crippen LogP contribution in [0.25, 0.3) is 0 Å². The van der Waals surface area contributed by atoms with Crippen LogP contribution in [0, 0.1) is 27.2 Å². The van der Waals surface area contributed by atoms with Crippen LogP contribution in [0.4, 0.5) is 13.2 Å². The van der Waals surface area contributed by atoms with Gasteiger partial charge in [-0.3, -0.25) is 4.84 Å². The van der Waals surface area contributed by atoms with Crippen molar-refractivity contribution in [3.05, 3.63) is 35.8 Å². The van der Waals surface area contributed by atoms with E-state index in [0.717, 1.165) is 0 Å². The molecule has 1 aromatic rings. The van der Waals surface area contributed by atoms with Gasteiger partial charge in [0, 0.05) is 0 Å². The number of alkyl halides is 3. The van der Waals surface area contributed by atoms with Crippen molar-refractivity contribution in [3.63, 3.8) is 0 Å². The molecule has 1 heterocycles. The summed E-state index contributed by atoms with van der Waals surface area (Å²) in [5.41, 5.74) is 0.0352. The summed E-state index contributed by atoms with van der Waals surface area (Å²) >= 11 is 0.388. The summed E-state index contributed by atoms with van der Waals surface area (Å²) in [6.07, 6.45) is -7.89. The Labute approximate surface area is 125 Å². The molecule has 13 heteroatoms. The summed E-state index contributed by atoms with van der Waals surface area (Å²) in [7, 11) is 0. The molecule has 0 saturated carbocycles. The fourth-order valence-corrected chi connectivity index (χ4v) is 2.16. The van der Waals surface area contributed by atoms with Gasteiger partial charge in [-0.05, 0) is 6.92 Å². The molecule has 0 aliphatic carbocycles. The molecule has 1 aromatic heterocycles. The van der Waals surface area contributed by atoms with Crippen LogP contribution < -0.4 is 0 Å². The summed E-state index contributed by atoms with van der Waals surface area (Å²) in [6.45, 7) is 4.69. The molecule has 1 rings (SSSR count). The van der Waals surface area contributed by atoms with E-state index < -0.39 is 34.1 Å². The number of halogens is 3. The number of hydrogen-bond donors (Lipinski definition) is 0. The van der Waals surface area contributed by atoms with Crippen molar-refractivity contribution in [1.82, 2.24) is 4.98 Å². The maximum Gasteiger partial charge on any atom is 0.421 e. The van der Waals surface area contributed by atoms with E-state index in [1.807, 2.05) is 13.8 Å². The van der Waals surface area contributed by atoms with Crippen molar-refractivity contribution in [2.24, 2.45) is 0 Å². The summed E-state index contributed by atoms with van der Waals surface area (Å²) in [5.74, 6) is 0. The van der Waals surface area contributed by atoms with Crippen molar-refractivity contribution in [1.29, 1.82) is 0 Å². The third-order valence-electron chi connectivity index (χ3n) is 1.92. The Kier molecular flexibility index (Phi) is 7.49. The maximum absolute atomic E-state index is 12.6. The zero-order valence-corrected chi connectivity index (χ0v) is 12.4. The summed E-state index contributed by atoms with van der Waals surface area (Å²) in [4.78, 5) is 31.2. The van der Waals surface area contributed by atoms with Crippen LogP contribution in [0.2, 0.25) is 0 Å². The first-order chi connectivity index (χ1) is 10.1. The van der Waals surface area contributed by atoms with Crippen molar-refractivity contribution in [2.75, 3.05) is 0 Å². The van der Waals surface area contributed by atoms with E-state index in [0.29, 0.717) is 11.3 Å². The van der Waals surface area contributed by atoms with Gasteiger partial charge in [0.15, 0.2) is 0 Å². The molecule has 9 nitrogen and oxygen atoms in total. The van der Waals surface area contributed by atoms with Crippen molar-refractivity contribution >= 4 is 11.3 Å². The van der Waals surface area contributed by atoms with E-state index in [9.17, 15) is 33.4 Å². The van der Waals surface area contributed by atoms with Gasteiger partial charge in [0.25, 0.3) is 16.3 Å². The van der Waals surface area contributed by atoms with Gasteiger partial charge in [-0.15, -0.1) is 31.6 Å². The standard InChI is InChI=1S/C7H6F3N3O6S.C2H6/c1-3-4(2-18-12(14)15)20-6(11-3)5(7(8,9)10)19-13(16)17;1-2/h5H,2H2,1H3;1-2H3. The number of aromatic nitrogens is 1. The second-order valence-corrected chi connectivity index (χ2v) is 4.42. The first kappa shape index (κ1) is 19.8. The van der Waals surface area contributed by atoms with Crippen molar-refractivity contribution < 1.29 is 33.0 Å². The van der Waals surface area contributed by atoms with Gasteiger partial charge in [-0.25, -0.2) is 4.98 Å². The predicted molar refractivity (Wildman–Crippen MR) is 66.9 cm³/mol. The molecular formula is C9H12F3N3O6S. The van der Waals surface area contributed by atoms with E-state index >= 15 is 0 Å². The Bertz CT molecular complexity index is 521. The molecule has 1 unspecified atom stereocenters. The third kappa shape index (κ3) is 6.07. The molecule has 0 fully saturated rings. The lowest BCUT2D eigenvalue weighted by atomic mass is 10.3. The van der Waals surface area contributed by atoms with Gasteiger partial charge in [-0.2, -0.15) is 13.2 Å². The average molecular weight is 347 g/mol. The molecular weight excluding hydrogens is 335 g/mol. The highest BCUT2D eigenvalue weighted by Crippen LogP contribution is 2.38. The van der Waals surface area contributed by atoms with E-state index in [-0.39, 0.29) is 10.6 Å². The third-order valence-corrected chi connectivity index (χ3v) is 3.10. The highest BCUT2D eigenvalue weighted by molar-refractivity contribution is 7.11. The predicted octanol–water partition coefficient (Wildman–Crippen LogP) is 3.00. The van der Waals surface area contributed by atoms with Crippen LogP contribution >= 0.6 is 11.3 Å². The Morgan fingerprint density at radius 1 is 1.27 bits per heavy atom. The first-order valence-electron chi connectivity index (χ1n) is 5.72. The van der Waals surface area contributed by atoms with Crippen LogP contribution in [-0.4, -0.2) is 21.3 Å². The lowest BCUT2D eigenvalue weighted by molar-refractivity contribution is -0.778. The highest BCUT2D eigenvalue weighted by atomic mass is 32.1. The van der Waals surface area contributed by atoms with Crippen LogP contribution in [0.5, 0.6) is 0 Å². The molecule has 0 amide bonds. The highest BCUT2D eigenvalue weighted by Gasteiger charge is 2.46. The monoisotopic (exact) mass is 347 g/mol. The van der Waals surface area contributed by atoms with E-state index in [1.165, 1.54) is 6.92 Å². The van der Waals surface area contributed by atoms with Crippen molar-refractivity contribution in [2.45, 2.75) is 39.7 Å². The fraction of sp³-hybridized carbons (Fsp3) is 0.667. The zero-order chi connectivity index (χ0) is 17.5. The quantitative estimate of drug-likeness (QED) is 0.573. The van der Waals surface area contributed by atoms with Gasteiger partial charge in [0.05, 0.1) is 10.6 Å². The lowest BCUT2D eigenvalue weighted by Gasteiger charge is -2.15. The number of thiazole rings is 1. The Morgan fingerprint density at radius 3 is 2.23 bits per heavy atom. The Balaban J connectivity index is 0.00000211. The average Bonchev–Trinajstić information content (AvgIpc) is 2.75. The molecule has 0 aromatic carbocycles. The maximum atomic E-state index is 12.6. The molecule has 0 aliphatic rings. The van der Waals surface area contributed by atoms with Gasteiger partial charge in [0.2, 0.25) is 0 Å². The van der Waals surface area contributed by atoms with Gasteiger partial charge in [0.1, 0.15) is 11.6 Å². The minimum Gasteiger partial charge on any atom is -0.308 e. The topological polar surface area (TPSA) is 118 Å². The second kappa shape index (κ2) is 8.31. The fourth-order valence-electron chi connectivity index (χ4n) is 1.14. The molecule has 126 valence electrons. The van der Waals surface area contributed by atoms with Crippen LogP contribution in [0.1, 0.15) is 35.5 Å². The SMILES string of the molecule is CC.Cc1nc(C(O[N+](=O)[O-])C(F)(F)F)sc1CO[N+](=O)[O-]. The summed E-state index contributed by atoms with van der Waals surface area (Å²) in [6, 6.07) is 0. The second-order valence-electron chi connectivity index (χ2n) is 3.31. The number of nitrogens with zero attached hydrogens (tertiary/aromatic N) is 3. The minimum absolute atomic E-state index is 0.0352. The summed E-state index contributed by atoms with van der Waals surface area (Å²) in [5, 5.41) is 16.7. The molecule has 0 N–H and O–H groups in total. The Hall–Kier alpha value is -2.18. The molecule has 1 atom stereocenters. The smallest absolute Gasteiger partial charge is 0.308 e. The Morgan fingerprint density at radius 2 is 1.82 bits per heavy atom. The lowest BCUT2D eigenvalue weighted by Crippen LogP contribution is -2.25.